The second kappa shape index (κ2) is 20.6. The first-order valence-electron chi connectivity index (χ1n) is 13.9. The second-order valence-corrected chi connectivity index (χ2v) is 10.8. The van der Waals surface area contributed by atoms with Gasteiger partial charge >= 0.3 is 0 Å². The van der Waals surface area contributed by atoms with E-state index in [2.05, 4.69) is 0 Å². The van der Waals surface area contributed by atoms with Gasteiger partial charge in [0.15, 0.2) is 5.78 Å². The van der Waals surface area contributed by atoms with Crippen LogP contribution in [0, 0.1) is 0 Å². The van der Waals surface area contributed by atoms with E-state index in [-0.39, 0.29) is 0 Å². The minimum atomic E-state index is -2.49. The third kappa shape index (κ3) is 11.4. The minimum Gasteiger partial charge on any atom is -0.394 e. The molecule has 17 atom stereocenters. The van der Waals surface area contributed by atoms with Crippen molar-refractivity contribution < 1.29 is 122 Å². The number of carbonyl (C=O) groups is 1. The highest BCUT2D eigenvalue weighted by atomic mass is 16.7. The summed E-state index contributed by atoms with van der Waals surface area (Å²) in [4.78, 5) is 10.8. The third-order valence-electron chi connectivity index (χ3n) is 7.30. The molecule has 48 heavy (non-hydrogen) atoms. The van der Waals surface area contributed by atoms with E-state index < -0.39 is 149 Å². The number of ether oxygens (including phenoxy) is 2. The number of rotatable bonds is 14. The molecular weight excluding hydrogens is 672 g/mol. The Kier molecular flexibility index (Phi) is 20.0. The maximum absolute atomic E-state index is 10.8. The lowest BCUT2D eigenvalue weighted by Crippen LogP contribution is -2.68. The van der Waals surface area contributed by atoms with Gasteiger partial charge in [0.2, 0.25) is 11.6 Å². The van der Waals surface area contributed by atoms with Crippen LogP contribution in [0.2, 0.25) is 0 Å². The Morgan fingerprint density at radius 3 is 1.40 bits per heavy atom. The molecule has 24 nitrogen and oxygen atoms in total. The maximum Gasteiger partial charge on any atom is 0.219 e. The van der Waals surface area contributed by atoms with Crippen molar-refractivity contribution in [1.29, 1.82) is 0 Å². The molecule has 2 aliphatic heterocycles. The van der Waals surface area contributed by atoms with Crippen molar-refractivity contribution in [3.63, 3.8) is 0 Å². The molecule has 2 aliphatic rings. The Labute approximate surface area is 270 Å². The molecule has 0 amide bonds. The fraction of sp³-hybridized carbons (Fsp3) is 0.958. The Bertz CT molecular complexity index is 909. The van der Waals surface area contributed by atoms with Crippen LogP contribution in [0.3, 0.4) is 0 Å². The van der Waals surface area contributed by atoms with Crippen molar-refractivity contribution in [3.05, 3.63) is 0 Å². The molecule has 288 valence electrons. The summed E-state index contributed by atoms with van der Waals surface area (Å²) in [5.41, 5.74) is 0. The Balaban J connectivity index is 0.000000690. The van der Waals surface area contributed by atoms with Gasteiger partial charge in [0.25, 0.3) is 0 Å². The summed E-state index contributed by atoms with van der Waals surface area (Å²) in [6, 6.07) is 0. The smallest absolute Gasteiger partial charge is 0.219 e. The number of ketones is 1. The Morgan fingerprint density at radius 2 is 1.00 bits per heavy atom. The van der Waals surface area contributed by atoms with Gasteiger partial charge in [-0.2, -0.15) is 0 Å². The average molecular weight is 721 g/mol. The molecule has 0 aromatic carbocycles. The number of hydrogen-bond acceptors (Lipinski definition) is 24. The standard InChI is InChI=1S/3C8H16O8/c9-1-3(11)6-4(12)5(13)7(14)8(15,2-10)16-6;9-1-3(11)4(12)6-5(13)7(14)8(15,2-10)16-6;9-1-3(11)5(13)7(15)8(16)6(14)4(12)2-10/h2*3-7,9-15H,1-2H2;3,5-11,13-16H,1-2H2. The molecular formula is C24H48O24. The number of hydrogen-bond donors (Lipinski definition) is 21. The van der Waals surface area contributed by atoms with Crippen molar-refractivity contribution in [2.75, 3.05) is 39.6 Å². The summed E-state index contributed by atoms with van der Waals surface area (Å²) in [6.07, 6.45) is -26.6. The van der Waals surface area contributed by atoms with Crippen LogP contribution in [0.15, 0.2) is 0 Å². The van der Waals surface area contributed by atoms with E-state index >= 15 is 0 Å². The molecule has 2 heterocycles. The van der Waals surface area contributed by atoms with Crippen LogP contribution in [0.25, 0.3) is 0 Å². The van der Waals surface area contributed by atoms with Gasteiger partial charge in [0.05, 0.1) is 33.0 Å². The molecule has 21 N–H and O–H groups in total. The van der Waals surface area contributed by atoms with E-state index in [0.717, 1.165) is 0 Å². The molecule has 2 rings (SSSR count). The van der Waals surface area contributed by atoms with Crippen LogP contribution < -0.4 is 0 Å². The van der Waals surface area contributed by atoms with Gasteiger partial charge in [0.1, 0.15) is 98.2 Å². The van der Waals surface area contributed by atoms with Gasteiger partial charge in [-0.05, 0) is 0 Å². The van der Waals surface area contributed by atoms with Gasteiger partial charge < -0.3 is 117 Å². The van der Waals surface area contributed by atoms with E-state index in [0.29, 0.717) is 0 Å². The predicted octanol–water partition coefficient (Wildman–Crippen LogP) is -13.7. The zero-order valence-corrected chi connectivity index (χ0v) is 25.0. The third-order valence-corrected chi connectivity index (χ3v) is 7.30. The van der Waals surface area contributed by atoms with Crippen LogP contribution in [0.4, 0.5) is 0 Å². The molecule has 0 aromatic heterocycles. The summed E-state index contributed by atoms with van der Waals surface area (Å²) in [5.74, 6) is -6.02. The quantitative estimate of drug-likeness (QED) is 0.0791. The van der Waals surface area contributed by atoms with Crippen molar-refractivity contribution in [3.8, 4) is 0 Å². The normalized spacial score (nSPS) is 37.0. The lowest BCUT2D eigenvalue weighted by molar-refractivity contribution is -0.365. The zero-order chi connectivity index (χ0) is 37.9. The first kappa shape index (κ1) is 46.8. The maximum atomic E-state index is 10.8. The van der Waals surface area contributed by atoms with E-state index in [4.69, 9.17) is 60.5 Å². The predicted molar refractivity (Wildman–Crippen MR) is 145 cm³/mol. The second-order valence-electron chi connectivity index (χ2n) is 10.8. The van der Waals surface area contributed by atoms with E-state index in [1.807, 2.05) is 0 Å². The van der Waals surface area contributed by atoms with E-state index in [9.17, 15) is 61.0 Å². The summed E-state index contributed by atoms with van der Waals surface area (Å²) >= 11 is 0. The van der Waals surface area contributed by atoms with E-state index in [1.54, 1.807) is 0 Å². The van der Waals surface area contributed by atoms with Crippen LogP contribution in [0.1, 0.15) is 0 Å². The van der Waals surface area contributed by atoms with E-state index in [1.165, 1.54) is 0 Å². The average Bonchev–Trinajstić information content (AvgIpc) is 3.33. The summed E-state index contributed by atoms with van der Waals surface area (Å²) in [5, 5.41) is 191. The van der Waals surface area contributed by atoms with Crippen molar-refractivity contribution in [1.82, 2.24) is 0 Å². The number of aliphatic hydroxyl groups is 21. The zero-order valence-electron chi connectivity index (χ0n) is 25.0. The first-order valence-corrected chi connectivity index (χ1v) is 13.9. The first-order chi connectivity index (χ1) is 22.1. The molecule has 2 fully saturated rings. The van der Waals surface area contributed by atoms with Crippen LogP contribution in [0.5, 0.6) is 0 Å². The van der Waals surface area contributed by atoms with Crippen LogP contribution in [-0.4, -0.2) is 256 Å². The molecule has 17 unspecified atom stereocenters. The number of aliphatic hydroxyl groups excluding tert-OH is 19. The highest BCUT2D eigenvalue weighted by molar-refractivity contribution is 5.84. The van der Waals surface area contributed by atoms with Crippen LogP contribution in [-0.2, 0) is 14.3 Å². The number of Topliss-reactive ketones (excluding diaryl/α,β-unsaturated/α-hetero) is 1. The fourth-order valence-electron chi connectivity index (χ4n) is 4.12. The minimum absolute atomic E-state index is 0.772. The molecule has 2 saturated heterocycles. The highest BCUT2D eigenvalue weighted by Crippen LogP contribution is 2.31. The van der Waals surface area contributed by atoms with Gasteiger partial charge in [0, 0.05) is 0 Å². The topological polar surface area (TPSA) is 460 Å². The molecule has 0 saturated carbocycles. The SMILES string of the molecule is O=C(CO)C(O)C(O)C(O)C(O)C(O)CO.OCC(O)C(O)C1OC(O)(CO)C(O)C1O.OCC(O)C1OC(O)(CO)C(O)C(O)C1O. The summed E-state index contributed by atoms with van der Waals surface area (Å²) < 4.78 is 9.40. The van der Waals surface area contributed by atoms with Crippen LogP contribution >= 0.6 is 0 Å². The molecule has 24 heteroatoms. The molecule has 0 bridgehead atoms. The lowest BCUT2D eigenvalue weighted by Gasteiger charge is -2.45. The van der Waals surface area contributed by atoms with Gasteiger partial charge in [-0.1, -0.05) is 0 Å². The van der Waals surface area contributed by atoms with Gasteiger partial charge in [-0.3, -0.25) is 4.79 Å². The molecule has 0 aliphatic carbocycles. The molecule has 0 spiro atoms. The highest BCUT2D eigenvalue weighted by Gasteiger charge is 2.56. The van der Waals surface area contributed by atoms with Crippen molar-refractivity contribution in [2.45, 2.75) is 103 Å². The summed E-state index contributed by atoms with van der Waals surface area (Å²) in [6.45, 7) is -5.47. The lowest BCUT2D eigenvalue weighted by atomic mass is 9.90. The van der Waals surface area contributed by atoms with Gasteiger partial charge in [-0.25, -0.2) is 0 Å². The van der Waals surface area contributed by atoms with Crippen molar-refractivity contribution >= 4 is 5.78 Å². The molecule has 0 aromatic rings. The Hall–Kier alpha value is -1.25. The van der Waals surface area contributed by atoms with Gasteiger partial charge in [-0.15, -0.1) is 0 Å². The summed E-state index contributed by atoms with van der Waals surface area (Å²) in [7, 11) is 0. The van der Waals surface area contributed by atoms with Crippen molar-refractivity contribution in [2.24, 2.45) is 0 Å². The fourth-order valence-corrected chi connectivity index (χ4v) is 4.12. The largest absolute Gasteiger partial charge is 0.394 e. The monoisotopic (exact) mass is 720 g/mol. The molecule has 0 radical (unpaired) electrons. The number of carbonyl (C=O) groups excluding carboxylic acids is 1. The Morgan fingerprint density at radius 1 is 0.562 bits per heavy atom.